The maximum atomic E-state index is 12.7. The van der Waals surface area contributed by atoms with Crippen LogP contribution in [0.25, 0.3) is 10.8 Å². The van der Waals surface area contributed by atoms with Crippen LogP contribution in [0.1, 0.15) is 29.5 Å². The molecule has 0 bridgehead atoms. The van der Waals surface area contributed by atoms with E-state index in [2.05, 4.69) is 77.8 Å². The Morgan fingerprint density at radius 2 is 1.75 bits per heavy atom. The summed E-state index contributed by atoms with van der Waals surface area (Å²) in [7, 11) is 0. The minimum absolute atomic E-state index is 0.101. The van der Waals surface area contributed by atoms with E-state index in [0.717, 1.165) is 43.7 Å². The van der Waals surface area contributed by atoms with Gasteiger partial charge in [0.2, 0.25) is 5.91 Å². The number of aryl methyl sites for hydroxylation is 2. The highest BCUT2D eigenvalue weighted by Crippen LogP contribution is 2.25. The Balaban J connectivity index is 1.36. The third-order valence-electron chi connectivity index (χ3n) is 5.88. The fraction of sp³-hybridized carbons (Fsp3) is 0.320. The number of nitrogens with one attached hydrogen (secondary N) is 1. The Morgan fingerprint density at radius 1 is 1.00 bits per heavy atom. The van der Waals surface area contributed by atoms with Gasteiger partial charge >= 0.3 is 0 Å². The number of carbonyl (C=O) groups excluding carboxylic acids is 1. The second-order valence-corrected chi connectivity index (χ2v) is 8.00. The number of amides is 1. The molecule has 0 atom stereocenters. The number of benzene rings is 3. The summed E-state index contributed by atoms with van der Waals surface area (Å²) < 4.78 is 0. The Labute approximate surface area is 167 Å². The van der Waals surface area contributed by atoms with E-state index in [1.807, 2.05) is 6.92 Å². The molecule has 144 valence electrons. The van der Waals surface area contributed by atoms with Crippen molar-refractivity contribution in [3.63, 3.8) is 0 Å². The Bertz CT molecular complexity index is 982. The number of likely N-dealkylation sites (tertiary alicyclic amines) is 1. The molecular formula is C25H28N2O. The van der Waals surface area contributed by atoms with Crippen LogP contribution in [0.3, 0.4) is 0 Å². The van der Waals surface area contributed by atoms with Crippen molar-refractivity contribution in [2.24, 2.45) is 5.92 Å². The molecule has 1 fully saturated rings. The number of rotatable bonds is 4. The first kappa shape index (κ1) is 18.7. The van der Waals surface area contributed by atoms with E-state index in [9.17, 15) is 4.79 Å². The van der Waals surface area contributed by atoms with Crippen LogP contribution in [0.4, 0.5) is 5.69 Å². The van der Waals surface area contributed by atoms with E-state index in [-0.39, 0.29) is 11.8 Å². The molecule has 0 radical (unpaired) electrons. The van der Waals surface area contributed by atoms with Gasteiger partial charge in [0, 0.05) is 18.2 Å². The Hall–Kier alpha value is -2.65. The predicted octanol–water partition coefficient (Wildman–Crippen LogP) is 5.31. The molecule has 1 heterocycles. The van der Waals surface area contributed by atoms with Crippen molar-refractivity contribution in [1.82, 2.24) is 4.90 Å². The first-order valence-corrected chi connectivity index (χ1v) is 10.2. The average Bonchev–Trinajstić information content (AvgIpc) is 2.71. The maximum Gasteiger partial charge on any atom is 0.227 e. The molecule has 1 aliphatic rings. The topological polar surface area (TPSA) is 32.3 Å². The predicted molar refractivity (Wildman–Crippen MR) is 116 cm³/mol. The SMILES string of the molecule is Cc1ccc(C)c(NC(=O)C2CCN(Cc3cccc4ccccc34)CC2)c1. The molecule has 1 amide bonds. The molecule has 0 saturated carbocycles. The average molecular weight is 373 g/mol. The molecule has 3 heteroatoms. The van der Waals surface area contributed by atoms with Gasteiger partial charge in [-0.15, -0.1) is 0 Å². The van der Waals surface area contributed by atoms with E-state index >= 15 is 0 Å². The lowest BCUT2D eigenvalue weighted by Gasteiger charge is -2.31. The first-order chi connectivity index (χ1) is 13.6. The van der Waals surface area contributed by atoms with Gasteiger partial charge in [0.25, 0.3) is 0 Å². The highest BCUT2D eigenvalue weighted by atomic mass is 16.1. The summed E-state index contributed by atoms with van der Waals surface area (Å²) in [6, 6.07) is 21.3. The van der Waals surface area contributed by atoms with Gasteiger partial charge in [-0.3, -0.25) is 9.69 Å². The molecule has 3 aromatic carbocycles. The van der Waals surface area contributed by atoms with Crippen LogP contribution < -0.4 is 5.32 Å². The maximum absolute atomic E-state index is 12.7. The molecule has 1 aliphatic heterocycles. The normalized spacial score (nSPS) is 15.6. The molecule has 0 spiro atoms. The van der Waals surface area contributed by atoms with Gasteiger partial charge in [-0.2, -0.15) is 0 Å². The molecule has 0 aromatic heterocycles. The highest BCUT2D eigenvalue weighted by Gasteiger charge is 2.25. The fourth-order valence-electron chi connectivity index (χ4n) is 4.13. The largest absolute Gasteiger partial charge is 0.326 e. The zero-order valence-electron chi connectivity index (χ0n) is 16.7. The molecule has 0 aliphatic carbocycles. The van der Waals surface area contributed by atoms with Crippen LogP contribution in [-0.4, -0.2) is 23.9 Å². The number of nitrogens with zero attached hydrogens (tertiary/aromatic N) is 1. The summed E-state index contributed by atoms with van der Waals surface area (Å²) in [5.41, 5.74) is 4.61. The van der Waals surface area contributed by atoms with Gasteiger partial charge in [0.15, 0.2) is 0 Å². The molecule has 28 heavy (non-hydrogen) atoms. The zero-order valence-corrected chi connectivity index (χ0v) is 16.7. The number of piperidine rings is 1. The van der Waals surface area contributed by atoms with Gasteiger partial charge in [0.1, 0.15) is 0 Å². The lowest BCUT2D eigenvalue weighted by molar-refractivity contribution is -0.121. The van der Waals surface area contributed by atoms with Crippen LogP contribution >= 0.6 is 0 Å². The first-order valence-electron chi connectivity index (χ1n) is 10.2. The van der Waals surface area contributed by atoms with E-state index in [4.69, 9.17) is 0 Å². The summed E-state index contributed by atoms with van der Waals surface area (Å²) >= 11 is 0. The van der Waals surface area contributed by atoms with Gasteiger partial charge in [-0.1, -0.05) is 54.6 Å². The van der Waals surface area contributed by atoms with E-state index < -0.39 is 0 Å². The second-order valence-electron chi connectivity index (χ2n) is 8.00. The number of anilines is 1. The van der Waals surface area contributed by atoms with Crippen molar-refractivity contribution >= 4 is 22.4 Å². The molecule has 0 unspecified atom stereocenters. The lowest BCUT2D eigenvalue weighted by atomic mass is 9.94. The van der Waals surface area contributed by atoms with Crippen LogP contribution in [0.5, 0.6) is 0 Å². The zero-order chi connectivity index (χ0) is 19.5. The van der Waals surface area contributed by atoms with Gasteiger partial charge < -0.3 is 5.32 Å². The summed E-state index contributed by atoms with van der Waals surface area (Å²) in [6.45, 7) is 6.98. The smallest absolute Gasteiger partial charge is 0.227 e. The van der Waals surface area contributed by atoms with Crippen molar-refractivity contribution in [2.45, 2.75) is 33.2 Å². The van der Waals surface area contributed by atoms with Gasteiger partial charge in [-0.05, 0) is 73.3 Å². The summed E-state index contributed by atoms with van der Waals surface area (Å²) in [5, 5.41) is 5.78. The summed E-state index contributed by atoms with van der Waals surface area (Å²) in [6.07, 6.45) is 1.84. The lowest BCUT2D eigenvalue weighted by Crippen LogP contribution is -2.37. The number of carbonyl (C=O) groups is 1. The van der Waals surface area contributed by atoms with E-state index in [1.165, 1.54) is 21.9 Å². The van der Waals surface area contributed by atoms with Crippen LogP contribution in [-0.2, 0) is 11.3 Å². The minimum atomic E-state index is 0.101. The molecule has 3 aromatic rings. The van der Waals surface area contributed by atoms with Crippen LogP contribution in [0, 0.1) is 19.8 Å². The summed E-state index contributed by atoms with van der Waals surface area (Å²) in [4.78, 5) is 15.2. The third kappa shape index (κ3) is 4.10. The number of fused-ring (bicyclic) bond motifs is 1. The van der Waals surface area contributed by atoms with Crippen molar-refractivity contribution in [3.05, 3.63) is 77.4 Å². The van der Waals surface area contributed by atoms with Crippen molar-refractivity contribution in [3.8, 4) is 0 Å². The number of hydrogen-bond acceptors (Lipinski definition) is 2. The van der Waals surface area contributed by atoms with Gasteiger partial charge in [0.05, 0.1) is 0 Å². The van der Waals surface area contributed by atoms with E-state index in [1.54, 1.807) is 0 Å². The minimum Gasteiger partial charge on any atom is -0.326 e. The molecule has 1 N–H and O–H groups in total. The molecule has 4 rings (SSSR count). The monoisotopic (exact) mass is 372 g/mol. The van der Waals surface area contributed by atoms with Crippen molar-refractivity contribution in [1.29, 1.82) is 0 Å². The standard InChI is InChI=1S/C25H28N2O/c1-18-10-11-19(2)24(16-18)26-25(28)21-12-14-27(15-13-21)17-22-8-5-7-20-6-3-4-9-23(20)22/h3-11,16,21H,12-15,17H2,1-2H3,(H,26,28). The Kier molecular flexibility index (Phi) is 5.45. The molecule has 1 saturated heterocycles. The second kappa shape index (κ2) is 8.15. The molecule has 3 nitrogen and oxygen atoms in total. The van der Waals surface area contributed by atoms with Gasteiger partial charge in [-0.25, -0.2) is 0 Å². The van der Waals surface area contributed by atoms with E-state index in [0.29, 0.717) is 0 Å². The van der Waals surface area contributed by atoms with Crippen molar-refractivity contribution in [2.75, 3.05) is 18.4 Å². The van der Waals surface area contributed by atoms with Crippen molar-refractivity contribution < 1.29 is 4.79 Å². The molecular weight excluding hydrogens is 344 g/mol. The highest BCUT2D eigenvalue weighted by molar-refractivity contribution is 5.93. The Morgan fingerprint density at radius 3 is 2.57 bits per heavy atom. The third-order valence-corrected chi connectivity index (χ3v) is 5.88. The van der Waals surface area contributed by atoms with Crippen LogP contribution in [0.2, 0.25) is 0 Å². The fourth-order valence-corrected chi connectivity index (χ4v) is 4.13. The van der Waals surface area contributed by atoms with Crippen LogP contribution in [0.15, 0.2) is 60.7 Å². The summed E-state index contributed by atoms with van der Waals surface area (Å²) in [5.74, 6) is 0.266. The number of hydrogen-bond donors (Lipinski definition) is 1. The quantitative estimate of drug-likeness (QED) is 0.673.